The minimum Gasteiger partial charge on any atom is -0.480 e. The molecule has 0 aromatic rings. The van der Waals surface area contributed by atoms with Crippen molar-refractivity contribution in [2.45, 2.75) is 45.4 Å². The van der Waals surface area contributed by atoms with Gasteiger partial charge in [0.2, 0.25) is 0 Å². The number of hydrogen-bond donors (Lipinski definition) is 2. The van der Waals surface area contributed by atoms with Crippen molar-refractivity contribution < 1.29 is 14.7 Å². The molecule has 0 aliphatic carbocycles. The number of amides is 2. The lowest BCUT2D eigenvalue weighted by Crippen LogP contribution is -2.55. The Morgan fingerprint density at radius 3 is 2.58 bits per heavy atom. The maximum absolute atomic E-state index is 12.2. The summed E-state index contributed by atoms with van der Waals surface area (Å²) in [5.41, 5.74) is -0.504. The molecule has 0 aromatic carbocycles. The molecular weight excluding hydrogens is 264 g/mol. The SMILES string of the molecule is CCC1CN(C(=O)N[C@@H](C(=O)O)C(C)(C)C)CCS1. The van der Waals surface area contributed by atoms with E-state index in [9.17, 15) is 14.7 Å². The Morgan fingerprint density at radius 1 is 1.47 bits per heavy atom. The number of carbonyl (C=O) groups is 2. The second kappa shape index (κ2) is 6.50. The molecule has 1 heterocycles. The van der Waals surface area contributed by atoms with E-state index >= 15 is 0 Å². The quantitative estimate of drug-likeness (QED) is 0.833. The van der Waals surface area contributed by atoms with Gasteiger partial charge in [-0.15, -0.1) is 0 Å². The first-order chi connectivity index (χ1) is 8.75. The maximum Gasteiger partial charge on any atom is 0.326 e. The molecule has 1 rings (SSSR count). The van der Waals surface area contributed by atoms with Crippen molar-refractivity contribution in [1.29, 1.82) is 0 Å². The van der Waals surface area contributed by atoms with Crippen molar-refractivity contribution in [3.8, 4) is 0 Å². The third kappa shape index (κ3) is 4.60. The second-order valence-electron chi connectivity index (χ2n) is 5.93. The molecule has 0 spiro atoms. The first kappa shape index (κ1) is 16.1. The summed E-state index contributed by atoms with van der Waals surface area (Å²) in [6.45, 7) is 8.92. The molecule has 1 aliphatic rings. The van der Waals surface area contributed by atoms with Crippen molar-refractivity contribution in [2.75, 3.05) is 18.8 Å². The van der Waals surface area contributed by atoms with Gasteiger partial charge in [-0.25, -0.2) is 9.59 Å². The number of nitrogens with one attached hydrogen (secondary N) is 1. The van der Waals surface area contributed by atoms with Gasteiger partial charge in [0.25, 0.3) is 0 Å². The summed E-state index contributed by atoms with van der Waals surface area (Å²) in [7, 11) is 0. The fraction of sp³-hybridized carbons (Fsp3) is 0.846. The lowest BCUT2D eigenvalue weighted by atomic mass is 9.87. The van der Waals surface area contributed by atoms with Crippen LogP contribution in [0, 0.1) is 5.41 Å². The molecule has 0 bridgehead atoms. The average molecular weight is 288 g/mol. The highest BCUT2D eigenvalue weighted by Crippen LogP contribution is 2.23. The lowest BCUT2D eigenvalue weighted by molar-refractivity contribution is -0.142. The highest BCUT2D eigenvalue weighted by atomic mass is 32.2. The van der Waals surface area contributed by atoms with Gasteiger partial charge >= 0.3 is 12.0 Å². The number of carbonyl (C=O) groups excluding carboxylic acids is 1. The van der Waals surface area contributed by atoms with E-state index in [1.54, 1.807) is 4.90 Å². The van der Waals surface area contributed by atoms with Crippen molar-refractivity contribution in [3.63, 3.8) is 0 Å². The molecule has 2 atom stereocenters. The summed E-state index contributed by atoms with van der Waals surface area (Å²) in [6.07, 6.45) is 1.02. The van der Waals surface area contributed by atoms with Gasteiger partial charge in [-0.2, -0.15) is 11.8 Å². The summed E-state index contributed by atoms with van der Waals surface area (Å²) in [4.78, 5) is 25.1. The van der Waals surface area contributed by atoms with Crippen LogP contribution in [0.15, 0.2) is 0 Å². The standard InChI is InChI=1S/C13H24N2O3S/c1-5-9-8-15(6-7-19-9)12(18)14-10(11(16)17)13(2,3)4/h9-10H,5-8H2,1-4H3,(H,14,18)(H,16,17)/t9?,10-/m0/s1. The van der Waals surface area contributed by atoms with Crippen LogP contribution in [0.5, 0.6) is 0 Å². The molecule has 0 saturated carbocycles. The van der Waals surface area contributed by atoms with E-state index in [0.717, 1.165) is 12.2 Å². The van der Waals surface area contributed by atoms with E-state index in [4.69, 9.17) is 0 Å². The van der Waals surface area contributed by atoms with Crippen LogP contribution in [0.4, 0.5) is 4.79 Å². The van der Waals surface area contributed by atoms with Crippen LogP contribution in [0.1, 0.15) is 34.1 Å². The van der Waals surface area contributed by atoms with Crippen LogP contribution in [0.2, 0.25) is 0 Å². The monoisotopic (exact) mass is 288 g/mol. The molecular formula is C13H24N2O3S. The smallest absolute Gasteiger partial charge is 0.326 e. The van der Waals surface area contributed by atoms with E-state index < -0.39 is 17.4 Å². The van der Waals surface area contributed by atoms with Crippen molar-refractivity contribution in [2.24, 2.45) is 5.41 Å². The van der Waals surface area contributed by atoms with Crippen LogP contribution >= 0.6 is 11.8 Å². The molecule has 0 aromatic heterocycles. The Hall–Kier alpha value is -0.910. The molecule has 2 N–H and O–H groups in total. The third-order valence-electron chi connectivity index (χ3n) is 3.26. The van der Waals surface area contributed by atoms with E-state index in [1.807, 2.05) is 32.5 Å². The first-order valence-electron chi connectivity index (χ1n) is 6.65. The Morgan fingerprint density at radius 2 is 2.11 bits per heavy atom. The minimum absolute atomic E-state index is 0.263. The predicted octanol–water partition coefficient (Wildman–Crippen LogP) is 2.02. The highest BCUT2D eigenvalue weighted by Gasteiger charge is 2.34. The van der Waals surface area contributed by atoms with Crippen LogP contribution in [-0.4, -0.2) is 52.1 Å². The second-order valence-corrected chi connectivity index (χ2v) is 7.34. The average Bonchev–Trinajstić information content (AvgIpc) is 2.33. The summed E-state index contributed by atoms with van der Waals surface area (Å²) < 4.78 is 0. The van der Waals surface area contributed by atoms with Gasteiger partial charge in [0.05, 0.1) is 0 Å². The Kier molecular flexibility index (Phi) is 5.52. The van der Waals surface area contributed by atoms with E-state index in [0.29, 0.717) is 18.3 Å². The van der Waals surface area contributed by atoms with Crippen LogP contribution < -0.4 is 5.32 Å². The Labute approximate surface area is 119 Å². The van der Waals surface area contributed by atoms with Gasteiger partial charge in [-0.05, 0) is 11.8 Å². The molecule has 1 saturated heterocycles. The third-order valence-corrected chi connectivity index (χ3v) is 4.63. The normalized spacial score (nSPS) is 21.9. The molecule has 1 fully saturated rings. The maximum atomic E-state index is 12.2. The number of nitrogens with zero attached hydrogens (tertiary/aromatic N) is 1. The predicted molar refractivity (Wildman–Crippen MR) is 77.5 cm³/mol. The first-order valence-corrected chi connectivity index (χ1v) is 7.70. The number of aliphatic carboxylic acids is 1. The number of rotatable bonds is 3. The van der Waals surface area contributed by atoms with Gasteiger partial charge in [0.15, 0.2) is 0 Å². The fourth-order valence-corrected chi connectivity index (χ4v) is 3.19. The van der Waals surface area contributed by atoms with Gasteiger partial charge in [-0.1, -0.05) is 27.7 Å². The summed E-state index contributed by atoms with van der Waals surface area (Å²) in [6, 6.07) is -1.13. The largest absolute Gasteiger partial charge is 0.480 e. The van der Waals surface area contributed by atoms with Crippen LogP contribution in [0.3, 0.4) is 0 Å². The zero-order valence-corrected chi connectivity index (χ0v) is 12.9. The van der Waals surface area contributed by atoms with Gasteiger partial charge in [-0.3, -0.25) is 0 Å². The van der Waals surface area contributed by atoms with Crippen LogP contribution in [0.25, 0.3) is 0 Å². The van der Waals surface area contributed by atoms with Gasteiger partial charge < -0.3 is 15.3 Å². The summed E-state index contributed by atoms with van der Waals surface area (Å²) >= 11 is 1.88. The van der Waals surface area contributed by atoms with Gasteiger partial charge in [0.1, 0.15) is 6.04 Å². The minimum atomic E-state index is -0.987. The van der Waals surface area contributed by atoms with E-state index in [-0.39, 0.29) is 6.03 Å². The topological polar surface area (TPSA) is 69.6 Å². The lowest BCUT2D eigenvalue weighted by Gasteiger charge is -2.35. The van der Waals surface area contributed by atoms with E-state index in [2.05, 4.69) is 12.2 Å². The zero-order valence-electron chi connectivity index (χ0n) is 12.1. The molecule has 2 amide bonds. The number of urea groups is 1. The molecule has 1 aliphatic heterocycles. The Bertz CT molecular complexity index is 341. The van der Waals surface area contributed by atoms with Crippen molar-refractivity contribution in [3.05, 3.63) is 0 Å². The Balaban J connectivity index is 2.64. The number of hydrogen-bond acceptors (Lipinski definition) is 3. The highest BCUT2D eigenvalue weighted by molar-refractivity contribution is 8.00. The molecule has 110 valence electrons. The van der Waals surface area contributed by atoms with Crippen molar-refractivity contribution >= 4 is 23.8 Å². The molecule has 6 heteroatoms. The van der Waals surface area contributed by atoms with Crippen molar-refractivity contribution in [1.82, 2.24) is 10.2 Å². The van der Waals surface area contributed by atoms with Crippen LogP contribution in [-0.2, 0) is 4.79 Å². The number of carboxylic acids is 1. The summed E-state index contributed by atoms with van der Waals surface area (Å²) in [5.74, 6) is -0.0709. The number of thioether (sulfide) groups is 1. The molecule has 1 unspecified atom stereocenters. The van der Waals surface area contributed by atoms with E-state index in [1.165, 1.54) is 0 Å². The fourth-order valence-electron chi connectivity index (χ4n) is 2.01. The molecule has 0 radical (unpaired) electrons. The van der Waals surface area contributed by atoms with Gasteiger partial charge in [0, 0.05) is 24.1 Å². The molecule has 5 nitrogen and oxygen atoms in total. The molecule has 19 heavy (non-hydrogen) atoms. The number of carboxylic acid groups (broad SMARTS) is 1. The zero-order chi connectivity index (χ0) is 14.6. The summed E-state index contributed by atoms with van der Waals surface area (Å²) in [5, 5.41) is 12.3.